The van der Waals surface area contributed by atoms with Crippen LogP contribution in [0.4, 0.5) is 0 Å². The fraction of sp³-hybridized carbons (Fsp3) is 0.143. The van der Waals surface area contributed by atoms with Crippen LogP contribution in [0, 0.1) is 0 Å². The van der Waals surface area contributed by atoms with Gasteiger partial charge in [0.05, 0.1) is 0 Å². The van der Waals surface area contributed by atoms with Crippen LogP contribution in [-0.2, 0) is 10.5 Å². The average Bonchev–Trinajstić information content (AvgIpc) is 2.86. The predicted molar refractivity (Wildman–Crippen MR) is 138 cm³/mol. The summed E-state index contributed by atoms with van der Waals surface area (Å²) >= 11 is 0. The summed E-state index contributed by atoms with van der Waals surface area (Å²) in [5.41, 5.74) is 1.41. The van der Waals surface area contributed by atoms with E-state index in [1.54, 1.807) is 0 Å². The second-order valence-corrected chi connectivity index (χ2v) is 13.3. The number of rotatable bonds is 9. The molecule has 4 rings (SSSR count). The summed E-state index contributed by atoms with van der Waals surface area (Å²) in [7, 11) is -3.51. The molecule has 0 aliphatic carbocycles. The lowest BCUT2D eigenvalue weighted by atomic mass is 10.1. The average molecular weight is 439 g/mol. The number of hydrogen-bond donors (Lipinski definition) is 0. The lowest BCUT2D eigenvalue weighted by Gasteiger charge is -2.34. The molecule has 0 aliphatic heterocycles. The van der Waals surface area contributed by atoms with Crippen molar-refractivity contribution in [2.24, 2.45) is 0 Å². The van der Waals surface area contributed by atoms with Crippen molar-refractivity contribution in [2.45, 2.75) is 26.2 Å². The molecule has 1 nitrogen and oxygen atoms in total. The summed E-state index contributed by atoms with van der Waals surface area (Å²) in [4.78, 5) is 0. The largest absolute Gasteiger partial charge is 0.447 e. The molecule has 0 aromatic heterocycles. The monoisotopic (exact) mass is 438 g/mol. The summed E-state index contributed by atoms with van der Waals surface area (Å²) in [5.74, 6) is 0. The lowest BCUT2D eigenvalue weighted by Crippen LogP contribution is -2.70. The van der Waals surface area contributed by atoms with Crippen LogP contribution < -0.4 is 20.7 Å². The minimum atomic E-state index is -2.60. The second kappa shape index (κ2) is 10.5. The SMILES string of the molecule is CCCCc1ccc([Si](O[SiH2]c2ccccc2)(c2ccccc2)c2ccccc2)cc1. The third-order valence-corrected chi connectivity index (χ3v) is 12.4. The van der Waals surface area contributed by atoms with Crippen molar-refractivity contribution in [3.05, 3.63) is 121 Å². The zero-order valence-corrected chi connectivity index (χ0v) is 20.6. The fourth-order valence-corrected chi connectivity index (χ4v) is 11.1. The maximum atomic E-state index is 7.17. The quantitative estimate of drug-likeness (QED) is 0.287. The maximum Gasteiger partial charge on any atom is 0.278 e. The Hall–Kier alpha value is -2.73. The van der Waals surface area contributed by atoms with Gasteiger partial charge < -0.3 is 4.12 Å². The van der Waals surface area contributed by atoms with Crippen LogP contribution in [0.25, 0.3) is 0 Å². The second-order valence-electron chi connectivity index (χ2n) is 7.99. The molecule has 4 aromatic rings. The van der Waals surface area contributed by atoms with Crippen LogP contribution in [0.3, 0.4) is 0 Å². The molecule has 0 aliphatic rings. The van der Waals surface area contributed by atoms with Gasteiger partial charge in [-0.1, -0.05) is 129 Å². The van der Waals surface area contributed by atoms with Crippen molar-refractivity contribution >= 4 is 38.8 Å². The molecule has 0 unspecified atom stereocenters. The highest BCUT2D eigenvalue weighted by Gasteiger charge is 2.41. The van der Waals surface area contributed by atoms with E-state index in [0.717, 1.165) is 6.42 Å². The molecule has 0 saturated heterocycles. The first-order chi connectivity index (χ1) is 15.3. The van der Waals surface area contributed by atoms with Gasteiger partial charge in [-0.05, 0) is 39.2 Å². The molecule has 0 bridgehead atoms. The minimum Gasteiger partial charge on any atom is -0.447 e. The van der Waals surface area contributed by atoms with Gasteiger partial charge in [-0.2, -0.15) is 0 Å². The summed E-state index contributed by atoms with van der Waals surface area (Å²) in [5, 5.41) is 5.29. The summed E-state index contributed by atoms with van der Waals surface area (Å²) < 4.78 is 7.17. The molecule has 0 saturated carbocycles. The minimum absolute atomic E-state index is 0.908. The molecule has 0 fully saturated rings. The topological polar surface area (TPSA) is 9.23 Å². The van der Waals surface area contributed by atoms with E-state index in [1.165, 1.54) is 39.2 Å². The lowest BCUT2D eigenvalue weighted by molar-refractivity contribution is 0.631. The van der Waals surface area contributed by atoms with Gasteiger partial charge >= 0.3 is 0 Å². The predicted octanol–water partition coefficient (Wildman–Crippen LogP) is 3.42. The molecular weight excluding hydrogens is 408 g/mol. The van der Waals surface area contributed by atoms with Gasteiger partial charge in [-0.25, -0.2) is 0 Å². The molecule has 3 heteroatoms. The zero-order valence-electron chi connectivity index (χ0n) is 18.2. The zero-order chi connectivity index (χ0) is 21.4. The van der Waals surface area contributed by atoms with E-state index in [9.17, 15) is 0 Å². The molecule has 0 amide bonds. The Balaban J connectivity index is 1.83. The van der Waals surface area contributed by atoms with Gasteiger partial charge in [0.2, 0.25) is 0 Å². The van der Waals surface area contributed by atoms with Crippen molar-refractivity contribution in [2.75, 3.05) is 0 Å². The highest BCUT2D eigenvalue weighted by Crippen LogP contribution is 2.11. The molecule has 0 N–H and O–H groups in total. The Morgan fingerprint density at radius 1 is 0.613 bits per heavy atom. The molecule has 4 aromatic carbocycles. The van der Waals surface area contributed by atoms with E-state index in [-0.39, 0.29) is 0 Å². The smallest absolute Gasteiger partial charge is 0.278 e. The van der Waals surface area contributed by atoms with E-state index in [0.29, 0.717) is 0 Å². The first kappa shape index (κ1) is 21.5. The van der Waals surface area contributed by atoms with E-state index in [4.69, 9.17) is 4.12 Å². The van der Waals surface area contributed by atoms with Crippen LogP contribution in [0.5, 0.6) is 0 Å². The van der Waals surface area contributed by atoms with E-state index >= 15 is 0 Å². The van der Waals surface area contributed by atoms with Gasteiger partial charge in [0.15, 0.2) is 9.76 Å². The van der Waals surface area contributed by atoms with Gasteiger partial charge in [0.1, 0.15) is 0 Å². The molecule has 0 atom stereocenters. The van der Waals surface area contributed by atoms with E-state index in [2.05, 4.69) is 122 Å². The van der Waals surface area contributed by atoms with Crippen molar-refractivity contribution in [3.8, 4) is 0 Å². The van der Waals surface area contributed by atoms with Crippen molar-refractivity contribution in [3.63, 3.8) is 0 Å². The standard InChI is InChI=1S/C28H30OSi2/c1-2-3-13-24-20-22-28(23-21-24)31(26-16-9-5-10-17-26,27-18-11-6-12-19-27)29-30-25-14-7-4-8-15-25/h4-12,14-23H,2-3,13,30H2,1H3. The third kappa shape index (κ3) is 4.96. The molecule has 156 valence electrons. The molecule has 0 radical (unpaired) electrons. The first-order valence-corrected chi connectivity index (χ1v) is 14.4. The van der Waals surface area contributed by atoms with Gasteiger partial charge in [0.25, 0.3) is 8.32 Å². The van der Waals surface area contributed by atoms with Crippen LogP contribution >= 0.6 is 0 Å². The summed E-state index contributed by atoms with van der Waals surface area (Å²) in [6.07, 6.45) is 3.60. The number of aryl methyl sites for hydroxylation is 1. The Bertz CT molecular complexity index is 1010. The Morgan fingerprint density at radius 3 is 1.61 bits per heavy atom. The number of hydrogen-bond acceptors (Lipinski definition) is 1. The third-order valence-electron chi connectivity index (χ3n) is 5.84. The Labute approximate surface area is 189 Å². The molecule has 31 heavy (non-hydrogen) atoms. The van der Waals surface area contributed by atoms with Crippen molar-refractivity contribution in [1.29, 1.82) is 0 Å². The highest BCUT2D eigenvalue weighted by molar-refractivity contribution is 7.09. The van der Waals surface area contributed by atoms with E-state index < -0.39 is 18.1 Å². The highest BCUT2D eigenvalue weighted by atomic mass is 28.4. The summed E-state index contributed by atoms with van der Waals surface area (Å²) in [6, 6.07) is 41.8. The normalized spacial score (nSPS) is 11.8. The molecular formula is C28H30OSi2. The Kier molecular flexibility index (Phi) is 7.31. The van der Waals surface area contributed by atoms with Crippen molar-refractivity contribution < 1.29 is 4.12 Å². The number of unbranched alkanes of at least 4 members (excludes halogenated alkanes) is 1. The van der Waals surface area contributed by atoms with Gasteiger partial charge in [-0.3, -0.25) is 0 Å². The molecule has 0 heterocycles. The Morgan fingerprint density at radius 2 is 1.10 bits per heavy atom. The van der Waals surface area contributed by atoms with Gasteiger partial charge in [0, 0.05) is 0 Å². The molecule has 0 spiro atoms. The van der Waals surface area contributed by atoms with Crippen LogP contribution in [-0.4, -0.2) is 18.1 Å². The van der Waals surface area contributed by atoms with E-state index in [1.807, 2.05) is 0 Å². The first-order valence-electron chi connectivity index (χ1n) is 11.2. The van der Waals surface area contributed by atoms with Crippen LogP contribution in [0.1, 0.15) is 25.3 Å². The fourth-order valence-electron chi connectivity index (χ4n) is 4.15. The van der Waals surface area contributed by atoms with Gasteiger partial charge in [-0.15, -0.1) is 0 Å². The number of benzene rings is 4. The maximum absolute atomic E-state index is 7.17. The van der Waals surface area contributed by atoms with Crippen molar-refractivity contribution in [1.82, 2.24) is 0 Å². The van der Waals surface area contributed by atoms with Crippen LogP contribution in [0.2, 0.25) is 0 Å². The summed E-state index contributed by atoms with van der Waals surface area (Å²) in [6.45, 7) is 2.25. The van der Waals surface area contributed by atoms with Crippen LogP contribution in [0.15, 0.2) is 115 Å².